The Hall–Kier alpha value is -6.93. The molecule has 5 nitrogen and oxygen atoms in total. The van der Waals surface area contributed by atoms with Gasteiger partial charge in [0, 0.05) is 63.5 Å². The van der Waals surface area contributed by atoms with Gasteiger partial charge in [0.05, 0.1) is 15.9 Å². The van der Waals surface area contributed by atoms with Crippen molar-refractivity contribution < 1.29 is 0 Å². The van der Waals surface area contributed by atoms with Crippen molar-refractivity contribution in [2.45, 2.75) is 19.3 Å². The van der Waals surface area contributed by atoms with Gasteiger partial charge in [-0.15, -0.1) is 22.7 Å². The molecule has 0 spiro atoms. The first-order chi connectivity index (χ1) is 29.0. The molecule has 59 heavy (non-hydrogen) atoms. The van der Waals surface area contributed by atoms with Gasteiger partial charge in [-0.3, -0.25) is 0 Å². The standard InChI is InChI=1S/C52H33N5S2/c1-52(2)39-21-11-9-18-34(39)35-26-24-32(29-40(35)52)45-47-46(36-19-10-12-22-41(36)59-47)54-50(53-45)33-25-27-42-38(28-33)44-37(20-13-23-43(44)58-42)51-56-48(30-14-5-3-6-15-30)55-49(57-51)31-16-7-4-8-17-31/h3-29H,1-2H3. The number of thiophene rings is 2. The molecule has 1 aliphatic rings. The SMILES string of the molecule is CC1(C)c2ccccc2-c2ccc(-c3nc(-c4ccc5sc6cccc(-c7nc(-c8ccccc8)nc(-c8ccccc8)n7)c6c5c4)nc4c3sc3ccccc34)cc21. The molecule has 7 heteroatoms. The maximum absolute atomic E-state index is 5.47. The van der Waals surface area contributed by atoms with Crippen molar-refractivity contribution in [2.75, 3.05) is 0 Å². The highest BCUT2D eigenvalue weighted by molar-refractivity contribution is 7.26. The van der Waals surface area contributed by atoms with Gasteiger partial charge in [-0.2, -0.15) is 0 Å². The summed E-state index contributed by atoms with van der Waals surface area (Å²) >= 11 is 3.55. The van der Waals surface area contributed by atoms with E-state index in [2.05, 4.69) is 117 Å². The normalized spacial score (nSPS) is 13.1. The Morgan fingerprint density at radius 2 is 1.00 bits per heavy atom. The Labute approximate surface area is 348 Å². The fourth-order valence-electron chi connectivity index (χ4n) is 8.85. The molecule has 0 radical (unpaired) electrons. The second kappa shape index (κ2) is 13.0. The summed E-state index contributed by atoms with van der Waals surface area (Å²) in [5.41, 5.74) is 12.0. The van der Waals surface area contributed by atoms with Crippen LogP contribution in [-0.2, 0) is 5.41 Å². The van der Waals surface area contributed by atoms with Crippen LogP contribution >= 0.6 is 22.7 Å². The van der Waals surface area contributed by atoms with Crippen LogP contribution in [0.15, 0.2) is 164 Å². The minimum absolute atomic E-state index is 0.123. The van der Waals surface area contributed by atoms with Gasteiger partial charge in [0.25, 0.3) is 0 Å². The van der Waals surface area contributed by atoms with E-state index in [1.54, 1.807) is 22.7 Å². The van der Waals surface area contributed by atoms with Crippen molar-refractivity contribution in [1.29, 1.82) is 0 Å². The maximum atomic E-state index is 5.47. The third kappa shape index (κ3) is 5.39. The van der Waals surface area contributed by atoms with Crippen molar-refractivity contribution >= 4 is 63.1 Å². The predicted molar refractivity (Wildman–Crippen MR) is 246 cm³/mol. The van der Waals surface area contributed by atoms with Crippen LogP contribution in [0.3, 0.4) is 0 Å². The molecule has 0 aliphatic heterocycles. The number of benzene rings is 7. The summed E-state index contributed by atoms with van der Waals surface area (Å²) in [7, 11) is 0. The fraction of sp³-hybridized carbons (Fsp3) is 0.0577. The van der Waals surface area contributed by atoms with E-state index in [4.69, 9.17) is 24.9 Å². The molecule has 12 rings (SSSR count). The average Bonchev–Trinajstić information content (AvgIpc) is 3.94. The van der Waals surface area contributed by atoms with E-state index in [0.29, 0.717) is 23.3 Å². The van der Waals surface area contributed by atoms with E-state index < -0.39 is 0 Å². The predicted octanol–water partition coefficient (Wildman–Crippen LogP) is 14.0. The topological polar surface area (TPSA) is 64.5 Å². The Kier molecular flexibility index (Phi) is 7.55. The fourth-order valence-corrected chi connectivity index (χ4v) is 11.1. The second-order valence-electron chi connectivity index (χ2n) is 15.6. The van der Waals surface area contributed by atoms with Crippen LogP contribution in [0, 0.1) is 0 Å². The first-order valence-corrected chi connectivity index (χ1v) is 21.4. The Morgan fingerprint density at radius 1 is 0.390 bits per heavy atom. The minimum atomic E-state index is -0.123. The van der Waals surface area contributed by atoms with Gasteiger partial charge < -0.3 is 0 Å². The lowest BCUT2D eigenvalue weighted by molar-refractivity contribution is 0.660. The molecule has 0 saturated carbocycles. The first kappa shape index (κ1) is 34.1. The molecule has 1 aliphatic carbocycles. The summed E-state index contributed by atoms with van der Waals surface area (Å²) in [5.74, 6) is 2.63. The Morgan fingerprint density at radius 3 is 1.80 bits per heavy atom. The van der Waals surface area contributed by atoms with Crippen molar-refractivity contribution in [3.05, 3.63) is 175 Å². The Balaban J connectivity index is 1.06. The molecule has 0 bridgehead atoms. The van der Waals surface area contributed by atoms with Crippen LogP contribution in [0.2, 0.25) is 0 Å². The zero-order valence-corrected chi connectivity index (χ0v) is 33.8. The summed E-state index contributed by atoms with van der Waals surface area (Å²) in [6.45, 7) is 4.66. The number of aromatic nitrogens is 5. The van der Waals surface area contributed by atoms with Crippen LogP contribution in [0.5, 0.6) is 0 Å². The summed E-state index contributed by atoms with van der Waals surface area (Å²) in [6.07, 6.45) is 0. The molecule has 4 aromatic heterocycles. The molecule has 0 saturated heterocycles. The zero-order chi connectivity index (χ0) is 39.2. The lowest BCUT2D eigenvalue weighted by Crippen LogP contribution is -2.14. The molecule has 0 atom stereocenters. The molecule has 4 heterocycles. The molecule has 0 fully saturated rings. The van der Waals surface area contributed by atoms with Crippen molar-refractivity contribution in [2.24, 2.45) is 0 Å². The van der Waals surface area contributed by atoms with Crippen molar-refractivity contribution in [3.8, 4) is 67.9 Å². The second-order valence-corrected chi connectivity index (χ2v) is 17.8. The summed E-state index contributed by atoms with van der Waals surface area (Å²) in [6, 6.07) is 57.6. The van der Waals surface area contributed by atoms with Gasteiger partial charge in [0.1, 0.15) is 0 Å². The summed E-state index contributed by atoms with van der Waals surface area (Å²) < 4.78 is 4.65. The third-order valence-corrected chi connectivity index (χ3v) is 14.1. The van der Waals surface area contributed by atoms with E-state index in [9.17, 15) is 0 Å². The molecular formula is C52H33N5S2. The van der Waals surface area contributed by atoms with Gasteiger partial charge in [-0.05, 0) is 58.7 Å². The van der Waals surface area contributed by atoms with E-state index in [0.717, 1.165) is 59.9 Å². The number of rotatable bonds is 5. The lowest BCUT2D eigenvalue weighted by Gasteiger charge is -2.22. The van der Waals surface area contributed by atoms with E-state index in [-0.39, 0.29) is 5.41 Å². The number of fused-ring (bicyclic) bond motifs is 9. The highest BCUT2D eigenvalue weighted by Gasteiger charge is 2.35. The van der Waals surface area contributed by atoms with Gasteiger partial charge in [0.2, 0.25) is 0 Å². The largest absolute Gasteiger partial charge is 0.226 e. The summed E-state index contributed by atoms with van der Waals surface area (Å²) in [4.78, 5) is 26.0. The van der Waals surface area contributed by atoms with E-state index >= 15 is 0 Å². The molecular weight excluding hydrogens is 759 g/mol. The van der Waals surface area contributed by atoms with Crippen molar-refractivity contribution in [3.63, 3.8) is 0 Å². The van der Waals surface area contributed by atoms with Gasteiger partial charge >= 0.3 is 0 Å². The molecule has 0 N–H and O–H groups in total. The minimum Gasteiger partial charge on any atom is -0.226 e. The van der Waals surface area contributed by atoms with E-state index in [1.165, 1.54) is 36.4 Å². The Bertz CT molecular complexity index is 3420. The van der Waals surface area contributed by atoms with Gasteiger partial charge in [-0.25, -0.2) is 24.9 Å². The van der Waals surface area contributed by atoms with Crippen LogP contribution in [-0.4, -0.2) is 24.9 Å². The van der Waals surface area contributed by atoms with Crippen LogP contribution in [0.4, 0.5) is 0 Å². The summed E-state index contributed by atoms with van der Waals surface area (Å²) in [5, 5.41) is 3.38. The maximum Gasteiger partial charge on any atom is 0.164 e. The van der Waals surface area contributed by atoms with Crippen LogP contribution in [0.25, 0.3) is 108 Å². The molecule has 11 aromatic rings. The zero-order valence-electron chi connectivity index (χ0n) is 32.1. The third-order valence-electron chi connectivity index (χ3n) is 11.8. The van der Waals surface area contributed by atoms with Gasteiger partial charge in [0.15, 0.2) is 23.3 Å². The quantitative estimate of drug-likeness (QED) is 0.174. The highest BCUT2D eigenvalue weighted by Crippen LogP contribution is 2.50. The number of hydrogen-bond donors (Lipinski definition) is 0. The van der Waals surface area contributed by atoms with Crippen LogP contribution < -0.4 is 0 Å². The number of hydrogen-bond acceptors (Lipinski definition) is 7. The monoisotopic (exact) mass is 791 g/mol. The van der Waals surface area contributed by atoms with E-state index in [1.807, 2.05) is 60.7 Å². The molecule has 0 amide bonds. The smallest absolute Gasteiger partial charge is 0.164 e. The van der Waals surface area contributed by atoms with Crippen LogP contribution in [0.1, 0.15) is 25.0 Å². The van der Waals surface area contributed by atoms with Crippen molar-refractivity contribution in [1.82, 2.24) is 24.9 Å². The number of nitrogens with zero attached hydrogens (tertiary/aromatic N) is 5. The molecule has 0 unspecified atom stereocenters. The first-order valence-electron chi connectivity index (χ1n) is 19.7. The average molecular weight is 792 g/mol. The molecule has 7 aromatic carbocycles. The molecule has 278 valence electrons. The highest BCUT2D eigenvalue weighted by atomic mass is 32.1. The van der Waals surface area contributed by atoms with Gasteiger partial charge in [-0.1, -0.05) is 141 Å². The lowest BCUT2D eigenvalue weighted by atomic mass is 9.82.